The van der Waals surface area contributed by atoms with E-state index < -0.39 is 24.3 Å². The molecule has 0 radical (unpaired) electrons. The molecule has 0 unspecified atom stereocenters. The molecule has 3 aromatic heterocycles. The number of pyridine rings is 1. The predicted octanol–water partition coefficient (Wildman–Crippen LogP) is 4.66. The van der Waals surface area contributed by atoms with E-state index in [1.165, 1.54) is 6.07 Å². The number of nitrogens with two attached hydrogens (primary N) is 1. The lowest BCUT2D eigenvalue weighted by Crippen LogP contribution is -2.50. The van der Waals surface area contributed by atoms with Crippen molar-refractivity contribution in [3.8, 4) is 17.3 Å². The van der Waals surface area contributed by atoms with Crippen molar-refractivity contribution < 1.29 is 22.7 Å². The van der Waals surface area contributed by atoms with E-state index in [0.29, 0.717) is 40.3 Å². The van der Waals surface area contributed by atoms with Crippen LogP contribution in [0.15, 0.2) is 36.5 Å². The van der Waals surface area contributed by atoms with Gasteiger partial charge in [-0.05, 0) is 51.0 Å². The molecule has 0 spiro atoms. The number of alkyl halides is 2. The lowest BCUT2D eigenvalue weighted by molar-refractivity contribution is -0.119. The van der Waals surface area contributed by atoms with Gasteiger partial charge in [0.2, 0.25) is 5.91 Å². The number of hydrogen-bond acceptors (Lipinski definition) is 7. The van der Waals surface area contributed by atoms with E-state index in [4.69, 9.17) is 15.5 Å². The Balaban J connectivity index is 1.57. The molecule has 5 rings (SSSR count). The van der Waals surface area contributed by atoms with Gasteiger partial charge in [-0.2, -0.15) is 0 Å². The van der Waals surface area contributed by atoms with E-state index in [9.17, 15) is 18.0 Å². The Hall–Kier alpha value is -4.19. The van der Waals surface area contributed by atoms with Gasteiger partial charge in [0.15, 0.2) is 17.2 Å². The molecule has 216 valence electrons. The zero-order chi connectivity index (χ0) is 29.5. The number of imidazole rings is 1. The number of carbonyl (C=O) groups is 1. The molecular weight excluding hydrogens is 535 g/mol. The van der Waals surface area contributed by atoms with Crippen molar-refractivity contribution in [2.24, 2.45) is 5.73 Å². The number of rotatable bonds is 10. The van der Waals surface area contributed by atoms with Crippen LogP contribution in [0.5, 0.6) is 5.75 Å². The summed E-state index contributed by atoms with van der Waals surface area (Å²) in [6, 6.07) is 8.45. The Morgan fingerprint density at radius 1 is 1.15 bits per heavy atom. The summed E-state index contributed by atoms with van der Waals surface area (Å²) in [4.78, 5) is 26.8. The number of amides is 1. The Kier molecular flexibility index (Phi) is 7.37. The van der Waals surface area contributed by atoms with E-state index in [-0.39, 0.29) is 42.3 Å². The molecule has 0 fully saturated rings. The van der Waals surface area contributed by atoms with Crippen LogP contribution in [0.2, 0.25) is 0 Å². The van der Waals surface area contributed by atoms with E-state index >= 15 is 0 Å². The molecule has 9 nitrogen and oxygen atoms in total. The fourth-order valence-electron chi connectivity index (χ4n) is 4.93. The van der Waals surface area contributed by atoms with Crippen LogP contribution < -0.4 is 21.1 Å². The van der Waals surface area contributed by atoms with E-state index in [1.807, 2.05) is 13.0 Å². The predicted molar refractivity (Wildman–Crippen MR) is 150 cm³/mol. The minimum Gasteiger partial charge on any atom is -0.485 e. The number of nitrogens with zero attached hydrogens (tertiary/aromatic N) is 4. The topological polar surface area (TPSA) is 119 Å². The first kappa shape index (κ1) is 28.3. The van der Waals surface area contributed by atoms with Crippen LogP contribution >= 0.6 is 0 Å². The Bertz CT molecular complexity index is 1630. The molecule has 0 saturated carbocycles. The molecule has 1 aliphatic rings. The fourth-order valence-corrected chi connectivity index (χ4v) is 4.93. The smallest absolute Gasteiger partial charge is 0.235 e. The van der Waals surface area contributed by atoms with Gasteiger partial charge < -0.3 is 21.1 Å². The number of carbonyl (C=O) groups excluding carboxylic acids is 1. The molecule has 12 heteroatoms. The summed E-state index contributed by atoms with van der Waals surface area (Å²) in [5, 5.41) is 5.75. The number of anilines is 2. The SMILES string of the molecule is CCc1cccc(F)c1COc1cccn2c(-c3nc(NCC(N)(CF)CF)c4c(n3)NC(=O)C4(C)C)c(C)nc12. The lowest BCUT2D eigenvalue weighted by Gasteiger charge is -2.25. The van der Waals surface area contributed by atoms with Gasteiger partial charge in [-0.3, -0.25) is 9.20 Å². The van der Waals surface area contributed by atoms with Gasteiger partial charge in [-0.15, -0.1) is 0 Å². The molecule has 1 aromatic carbocycles. The number of benzene rings is 1. The fraction of sp³-hybridized carbons (Fsp3) is 0.379. The quantitative estimate of drug-likeness (QED) is 0.255. The maximum absolute atomic E-state index is 14.6. The van der Waals surface area contributed by atoms with Gasteiger partial charge in [0, 0.05) is 18.3 Å². The second-order valence-corrected chi connectivity index (χ2v) is 10.8. The third-order valence-corrected chi connectivity index (χ3v) is 7.44. The van der Waals surface area contributed by atoms with Crippen molar-refractivity contribution in [1.82, 2.24) is 19.4 Å². The van der Waals surface area contributed by atoms with Crippen LogP contribution in [0.3, 0.4) is 0 Å². The first-order valence-electron chi connectivity index (χ1n) is 13.3. The van der Waals surface area contributed by atoms with Crippen LogP contribution in [0.1, 0.15) is 43.2 Å². The number of hydrogen-bond donors (Lipinski definition) is 3. The molecule has 0 atom stereocenters. The molecule has 4 heterocycles. The number of aryl methyl sites for hydroxylation is 2. The first-order chi connectivity index (χ1) is 19.5. The van der Waals surface area contributed by atoms with E-state index in [2.05, 4.69) is 20.6 Å². The summed E-state index contributed by atoms with van der Waals surface area (Å²) in [6.07, 6.45) is 2.43. The average Bonchev–Trinajstić information content (AvgIpc) is 3.42. The number of halogens is 3. The highest BCUT2D eigenvalue weighted by Crippen LogP contribution is 2.42. The van der Waals surface area contributed by atoms with Crippen molar-refractivity contribution in [3.05, 3.63) is 64.7 Å². The normalized spacial score (nSPS) is 14.3. The molecule has 1 aliphatic heterocycles. The summed E-state index contributed by atoms with van der Waals surface area (Å²) in [6.45, 7) is 4.75. The van der Waals surface area contributed by atoms with Gasteiger partial charge in [0.1, 0.15) is 43.1 Å². The van der Waals surface area contributed by atoms with Crippen molar-refractivity contribution in [2.75, 3.05) is 30.5 Å². The molecule has 1 amide bonds. The summed E-state index contributed by atoms with van der Waals surface area (Å²) in [5.41, 5.74) is 6.45. The van der Waals surface area contributed by atoms with Gasteiger partial charge in [0.05, 0.1) is 22.2 Å². The molecule has 0 saturated heterocycles. The molecule has 4 N–H and O–H groups in total. The van der Waals surface area contributed by atoms with E-state index in [0.717, 1.165) is 5.56 Å². The maximum atomic E-state index is 14.6. The Morgan fingerprint density at radius 2 is 1.90 bits per heavy atom. The standard InChI is InChI=1S/C29H32F3N7O2/c1-5-17-8-6-9-19(32)18(17)12-41-20-10-7-11-39-22(16(2)35-26(20)39)25-36-23(34-15-29(33,13-30)14-31)21-24(37-25)38-27(40)28(21,3)4/h6-11H,5,12-15,33H2,1-4H3,(H2,34,36,37,38,40). The van der Waals surface area contributed by atoms with Crippen LogP contribution in [0, 0.1) is 12.7 Å². The van der Waals surface area contributed by atoms with Gasteiger partial charge in [0.25, 0.3) is 0 Å². The largest absolute Gasteiger partial charge is 0.485 e. The second-order valence-electron chi connectivity index (χ2n) is 10.8. The third kappa shape index (κ3) is 4.96. The minimum absolute atomic E-state index is 0.0191. The highest BCUT2D eigenvalue weighted by Gasteiger charge is 2.43. The summed E-state index contributed by atoms with van der Waals surface area (Å²) >= 11 is 0. The van der Waals surface area contributed by atoms with Crippen LogP contribution in [-0.2, 0) is 23.2 Å². The van der Waals surface area contributed by atoms with Gasteiger partial charge >= 0.3 is 0 Å². The lowest BCUT2D eigenvalue weighted by atomic mass is 9.87. The number of aromatic nitrogens is 4. The Morgan fingerprint density at radius 3 is 2.61 bits per heavy atom. The minimum atomic E-state index is -1.75. The monoisotopic (exact) mass is 567 g/mol. The highest BCUT2D eigenvalue weighted by molar-refractivity contribution is 6.06. The van der Waals surface area contributed by atoms with Gasteiger partial charge in [-0.1, -0.05) is 19.1 Å². The van der Waals surface area contributed by atoms with Crippen LogP contribution in [0.4, 0.5) is 24.8 Å². The maximum Gasteiger partial charge on any atom is 0.235 e. The van der Waals surface area contributed by atoms with Crippen molar-refractivity contribution >= 4 is 23.2 Å². The summed E-state index contributed by atoms with van der Waals surface area (Å²) < 4.78 is 49.3. The second kappa shape index (κ2) is 10.7. The van der Waals surface area contributed by atoms with E-state index in [1.54, 1.807) is 49.6 Å². The van der Waals surface area contributed by atoms with Crippen molar-refractivity contribution in [1.29, 1.82) is 0 Å². The summed E-state index contributed by atoms with van der Waals surface area (Å²) in [5.74, 6) is 0.538. The Labute approximate surface area is 235 Å². The van der Waals surface area contributed by atoms with Crippen molar-refractivity contribution in [2.45, 2.75) is 51.7 Å². The van der Waals surface area contributed by atoms with Crippen LogP contribution in [-0.4, -0.2) is 50.7 Å². The molecule has 4 aromatic rings. The number of fused-ring (bicyclic) bond motifs is 2. The number of ether oxygens (including phenoxy) is 1. The van der Waals surface area contributed by atoms with Crippen LogP contribution in [0.25, 0.3) is 17.2 Å². The molecule has 0 bridgehead atoms. The van der Waals surface area contributed by atoms with Gasteiger partial charge in [-0.25, -0.2) is 28.1 Å². The zero-order valence-electron chi connectivity index (χ0n) is 23.3. The van der Waals surface area contributed by atoms with Crippen molar-refractivity contribution in [3.63, 3.8) is 0 Å². The molecule has 41 heavy (non-hydrogen) atoms. The molecular formula is C29H32F3N7O2. The molecule has 0 aliphatic carbocycles. The number of nitrogens with one attached hydrogen (secondary N) is 2. The summed E-state index contributed by atoms with van der Waals surface area (Å²) in [7, 11) is 0. The average molecular weight is 568 g/mol. The zero-order valence-corrected chi connectivity index (χ0v) is 23.3. The highest BCUT2D eigenvalue weighted by atomic mass is 19.1. The first-order valence-corrected chi connectivity index (χ1v) is 13.3. The third-order valence-electron chi connectivity index (χ3n) is 7.44.